The van der Waals surface area contributed by atoms with Crippen molar-refractivity contribution in [2.45, 2.75) is 6.54 Å². The number of hydrogen-bond donors (Lipinski definition) is 0. The molecule has 7 aromatic carbocycles. The van der Waals surface area contributed by atoms with Gasteiger partial charge in [0.1, 0.15) is 0 Å². The summed E-state index contributed by atoms with van der Waals surface area (Å²) in [6.07, 6.45) is 0. The van der Waals surface area contributed by atoms with Crippen molar-refractivity contribution in [3.05, 3.63) is 212 Å². The van der Waals surface area contributed by atoms with Crippen LogP contribution in [0.2, 0.25) is 0 Å². The summed E-state index contributed by atoms with van der Waals surface area (Å²) in [6.45, 7) is 0.532. The summed E-state index contributed by atoms with van der Waals surface area (Å²) in [6, 6.07) is 73.5. The van der Waals surface area contributed by atoms with Crippen molar-refractivity contribution in [2.75, 3.05) is 0 Å². The maximum Gasteiger partial charge on any atom is 0.0675 e. The Kier molecular flexibility index (Phi) is 9.25. The quantitative estimate of drug-likeness (QED) is 0.140. The maximum absolute atomic E-state index is 5.88. The molecule has 0 N–H and O–H groups in total. The molecule has 2 nitrogen and oxygen atoms in total. The summed E-state index contributed by atoms with van der Waals surface area (Å²) < 4.78 is 11.7. The molecule has 0 aliphatic carbocycles. The molecule has 7 rings (SSSR count). The van der Waals surface area contributed by atoms with Crippen LogP contribution in [0.25, 0.3) is 0 Å². The highest BCUT2D eigenvalue weighted by atomic mass is 31.2. The fourth-order valence-corrected chi connectivity index (χ4v) is 13.4. The second-order valence-corrected chi connectivity index (χ2v) is 17.4. The van der Waals surface area contributed by atoms with Crippen molar-refractivity contribution in [1.29, 1.82) is 0 Å². The first-order chi connectivity index (χ1) is 23.3. The summed E-state index contributed by atoms with van der Waals surface area (Å²) in [4.78, 5) is 0. The molecule has 0 atom stereocenters. The minimum absolute atomic E-state index is 0.532. The molecule has 0 amide bonds. The molecule has 0 spiro atoms. The standard InChI is InChI=1S/C43H36N2P2/c1-7-22-37(23-8-1)46(38-24-9-2-10-25-38,39-26-11-3-12-27-39)44-35-36-21-19-20-34-43(36)45-47(40-28-13-4-14-29-40,41-30-15-5-16-31-41)42-32-17-6-18-33-42/h1-34H,35H2. The van der Waals surface area contributed by atoms with Gasteiger partial charge in [0, 0.05) is 31.8 Å². The summed E-state index contributed by atoms with van der Waals surface area (Å²) in [5.41, 5.74) is 2.10. The lowest BCUT2D eigenvalue weighted by Gasteiger charge is -2.28. The van der Waals surface area contributed by atoms with Crippen molar-refractivity contribution in [2.24, 2.45) is 9.49 Å². The number of nitrogens with zero attached hydrogens (tertiary/aromatic N) is 2. The lowest BCUT2D eigenvalue weighted by Crippen LogP contribution is -2.25. The summed E-state index contributed by atoms with van der Waals surface area (Å²) >= 11 is 0. The number of benzene rings is 7. The van der Waals surface area contributed by atoms with Gasteiger partial charge in [-0.2, -0.15) is 0 Å². The molecule has 4 heteroatoms. The highest BCUT2D eigenvalue weighted by molar-refractivity contribution is 7.87. The maximum atomic E-state index is 5.88. The lowest BCUT2D eigenvalue weighted by molar-refractivity contribution is 1.09. The molecule has 0 aliphatic rings. The van der Waals surface area contributed by atoms with Crippen LogP contribution in [0.15, 0.2) is 216 Å². The Morgan fingerprint density at radius 1 is 0.298 bits per heavy atom. The molecule has 47 heavy (non-hydrogen) atoms. The van der Waals surface area contributed by atoms with Crippen LogP contribution in [-0.4, -0.2) is 0 Å². The van der Waals surface area contributed by atoms with Crippen LogP contribution >= 0.6 is 14.1 Å². The average molecular weight is 643 g/mol. The van der Waals surface area contributed by atoms with Gasteiger partial charge in [0.15, 0.2) is 0 Å². The van der Waals surface area contributed by atoms with E-state index in [0.717, 1.165) is 11.3 Å². The second-order valence-electron chi connectivity index (χ2n) is 11.3. The van der Waals surface area contributed by atoms with Crippen molar-refractivity contribution in [3.63, 3.8) is 0 Å². The van der Waals surface area contributed by atoms with E-state index in [2.05, 4.69) is 206 Å². The van der Waals surface area contributed by atoms with Crippen molar-refractivity contribution in [1.82, 2.24) is 0 Å². The predicted molar refractivity (Wildman–Crippen MR) is 205 cm³/mol. The minimum atomic E-state index is -2.45. The van der Waals surface area contributed by atoms with Gasteiger partial charge in [-0.05, 0) is 11.6 Å². The van der Waals surface area contributed by atoms with E-state index in [-0.39, 0.29) is 0 Å². The Balaban J connectivity index is 1.50. The molecule has 0 saturated carbocycles. The first-order valence-corrected chi connectivity index (χ1v) is 19.4. The third kappa shape index (κ3) is 6.11. The smallest absolute Gasteiger partial charge is 0.0675 e. The van der Waals surface area contributed by atoms with Crippen LogP contribution in [0, 0.1) is 0 Å². The Hall–Kier alpha value is -5.00. The third-order valence-corrected chi connectivity index (χ3v) is 15.8. The minimum Gasteiger partial charge on any atom is -0.285 e. The van der Waals surface area contributed by atoms with Gasteiger partial charge in [-0.15, -0.1) is 0 Å². The topological polar surface area (TPSA) is 24.7 Å². The summed E-state index contributed by atoms with van der Waals surface area (Å²) in [5, 5.41) is 7.40. The van der Waals surface area contributed by atoms with E-state index >= 15 is 0 Å². The molecule has 0 aromatic heterocycles. The van der Waals surface area contributed by atoms with Crippen LogP contribution in [0.5, 0.6) is 0 Å². The van der Waals surface area contributed by atoms with Gasteiger partial charge in [-0.3, -0.25) is 9.49 Å². The Morgan fingerprint density at radius 2 is 0.574 bits per heavy atom. The summed E-state index contributed by atoms with van der Waals surface area (Å²) in [5.74, 6) is 0. The highest BCUT2D eigenvalue weighted by Crippen LogP contribution is 2.51. The fourth-order valence-electron chi connectivity index (χ4n) is 6.26. The van der Waals surface area contributed by atoms with E-state index in [0.29, 0.717) is 6.54 Å². The number of rotatable bonds is 9. The summed E-state index contributed by atoms with van der Waals surface area (Å²) in [7, 11) is -4.82. The van der Waals surface area contributed by atoms with E-state index in [1.165, 1.54) is 31.8 Å². The van der Waals surface area contributed by atoms with Crippen LogP contribution in [-0.2, 0) is 6.54 Å². The van der Waals surface area contributed by atoms with Crippen LogP contribution in [0.4, 0.5) is 5.69 Å². The molecular weight excluding hydrogens is 606 g/mol. The molecule has 0 unspecified atom stereocenters. The van der Waals surface area contributed by atoms with Gasteiger partial charge in [0.25, 0.3) is 0 Å². The van der Waals surface area contributed by atoms with E-state index in [1.54, 1.807) is 0 Å². The second kappa shape index (κ2) is 14.2. The van der Waals surface area contributed by atoms with Crippen molar-refractivity contribution < 1.29 is 0 Å². The van der Waals surface area contributed by atoms with Crippen LogP contribution < -0.4 is 31.8 Å². The zero-order valence-corrected chi connectivity index (χ0v) is 27.9. The Labute approximate surface area is 278 Å². The molecule has 228 valence electrons. The molecular formula is C43H36N2P2. The molecule has 0 fully saturated rings. The van der Waals surface area contributed by atoms with E-state index < -0.39 is 14.1 Å². The van der Waals surface area contributed by atoms with Crippen LogP contribution in [0.1, 0.15) is 5.56 Å². The Morgan fingerprint density at radius 3 is 0.915 bits per heavy atom. The fraction of sp³-hybridized carbons (Fsp3) is 0.0233. The van der Waals surface area contributed by atoms with Gasteiger partial charge in [-0.25, -0.2) is 0 Å². The number of hydrogen-bond acceptors (Lipinski definition) is 2. The van der Waals surface area contributed by atoms with Gasteiger partial charge in [0.2, 0.25) is 0 Å². The Bertz CT molecular complexity index is 1940. The zero-order chi connectivity index (χ0) is 31.8. The monoisotopic (exact) mass is 642 g/mol. The van der Waals surface area contributed by atoms with Crippen molar-refractivity contribution >= 4 is 51.6 Å². The molecule has 0 heterocycles. The first kappa shape index (κ1) is 30.6. The third-order valence-electron chi connectivity index (χ3n) is 8.48. The normalized spacial score (nSPS) is 11.5. The molecule has 0 bridgehead atoms. The SMILES string of the molecule is c1ccc(P(=NCc2ccccc2N=P(c2ccccc2)(c2ccccc2)c2ccccc2)(c2ccccc2)c2ccccc2)cc1. The van der Waals surface area contributed by atoms with Crippen LogP contribution in [0.3, 0.4) is 0 Å². The largest absolute Gasteiger partial charge is 0.285 e. The van der Waals surface area contributed by atoms with Crippen molar-refractivity contribution in [3.8, 4) is 0 Å². The lowest BCUT2D eigenvalue weighted by atomic mass is 10.2. The average Bonchev–Trinajstić information content (AvgIpc) is 3.17. The molecule has 0 saturated heterocycles. The highest BCUT2D eigenvalue weighted by Gasteiger charge is 2.29. The van der Waals surface area contributed by atoms with E-state index in [9.17, 15) is 0 Å². The van der Waals surface area contributed by atoms with Gasteiger partial charge >= 0.3 is 0 Å². The van der Waals surface area contributed by atoms with Gasteiger partial charge < -0.3 is 0 Å². The van der Waals surface area contributed by atoms with Gasteiger partial charge in [0.05, 0.1) is 26.3 Å². The molecule has 0 radical (unpaired) electrons. The van der Waals surface area contributed by atoms with E-state index in [1.807, 2.05) is 0 Å². The molecule has 0 aliphatic heterocycles. The zero-order valence-electron chi connectivity index (χ0n) is 26.1. The molecule has 7 aromatic rings. The van der Waals surface area contributed by atoms with Gasteiger partial charge in [-0.1, -0.05) is 200 Å². The van der Waals surface area contributed by atoms with E-state index in [4.69, 9.17) is 9.49 Å². The first-order valence-electron chi connectivity index (χ1n) is 15.9. The predicted octanol–water partition coefficient (Wildman–Crippen LogP) is 9.17.